The van der Waals surface area contributed by atoms with Crippen molar-refractivity contribution in [2.75, 3.05) is 45.1 Å². The summed E-state index contributed by atoms with van der Waals surface area (Å²) in [4.78, 5) is 16.8. The van der Waals surface area contributed by atoms with Gasteiger partial charge in [-0.25, -0.2) is 0 Å². The summed E-state index contributed by atoms with van der Waals surface area (Å²) in [6.07, 6.45) is 0. The van der Waals surface area contributed by atoms with E-state index in [1.165, 1.54) is 5.56 Å². The van der Waals surface area contributed by atoms with Crippen LogP contribution >= 0.6 is 0 Å². The largest absolute Gasteiger partial charge is 0.324 e. The van der Waals surface area contributed by atoms with Gasteiger partial charge in [0.25, 0.3) is 0 Å². The Kier molecular flexibility index (Phi) is 5.37. The molecule has 1 fully saturated rings. The SMILES string of the molecule is Cc1cccc(C(C)C)c1NC(=O)CN1CCN(C)CC1. The number of carbonyl (C=O) groups is 1. The van der Waals surface area contributed by atoms with Crippen LogP contribution in [-0.2, 0) is 4.79 Å². The van der Waals surface area contributed by atoms with Crippen LogP contribution in [0.15, 0.2) is 18.2 Å². The lowest BCUT2D eigenvalue weighted by molar-refractivity contribution is -0.117. The molecule has 21 heavy (non-hydrogen) atoms. The van der Waals surface area contributed by atoms with Crippen molar-refractivity contribution in [3.05, 3.63) is 29.3 Å². The fourth-order valence-corrected chi connectivity index (χ4v) is 2.73. The van der Waals surface area contributed by atoms with Gasteiger partial charge in [0.05, 0.1) is 6.54 Å². The molecule has 0 aromatic heterocycles. The van der Waals surface area contributed by atoms with Crippen LogP contribution in [0.5, 0.6) is 0 Å². The highest BCUT2D eigenvalue weighted by molar-refractivity contribution is 5.93. The summed E-state index contributed by atoms with van der Waals surface area (Å²) < 4.78 is 0. The van der Waals surface area contributed by atoms with E-state index in [0.717, 1.165) is 37.4 Å². The van der Waals surface area contributed by atoms with Crippen molar-refractivity contribution in [2.45, 2.75) is 26.7 Å². The maximum Gasteiger partial charge on any atom is 0.238 e. The molecule has 0 unspecified atom stereocenters. The lowest BCUT2D eigenvalue weighted by Gasteiger charge is -2.31. The molecule has 4 heteroatoms. The molecular formula is C17H27N3O. The molecule has 0 atom stereocenters. The van der Waals surface area contributed by atoms with E-state index >= 15 is 0 Å². The summed E-state index contributed by atoms with van der Waals surface area (Å²) in [5.74, 6) is 0.500. The van der Waals surface area contributed by atoms with Crippen LogP contribution in [-0.4, -0.2) is 55.5 Å². The van der Waals surface area contributed by atoms with Crippen molar-refractivity contribution in [3.8, 4) is 0 Å². The molecule has 1 N–H and O–H groups in total. The van der Waals surface area contributed by atoms with Gasteiger partial charge in [-0.1, -0.05) is 32.0 Å². The van der Waals surface area contributed by atoms with Crippen LogP contribution in [0.1, 0.15) is 30.9 Å². The van der Waals surface area contributed by atoms with Crippen LogP contribution in [0.3, 0.4) is 0 Å². The molecule has 0 aliphatic carbocycles. The highest BCUT2D eigenvalue weighted by Crippen LogP contribution is 2.27. The van der Waals surface area contributed by atoms with Crippen molar-refractivity contribution in [3.63, 3.8) is 0 Å². The normalized spacial score (nSPS) is 17.2. The Morgan fingerprint density at radius 2 is 1.90 bits per heavy atom. The van der Waals surface area contributed by atoms with Gasteiger partial charge >= 0.3 is 0 Å². The minimum Gasteiger partial charge on any atom is -0.324 e. The topological polar surface area (TPSA) is 35.6 Å². The average Bonchev–Trinajstić information content (AvgIpc) is 2.43. The predicted octanol–water partition coefficient (Wildman–Crippen LogP) is 2.30. The summed E-state index contributed by atoms with van der Waals surface area (Å²) in [7, 11) is 2.12. The van der Waals surface area contributed by atoms with Crippen LogP contribution in [0, 0.1) is 6.92 Å². The Bertz CT molecular complexity index is 491. The Morgan fingerprint density at radius 3 is 2.52 bits per heavy atom. The van der Waals surface area contributed by atoms with Crippen molar-refractivity contribution >= 4 is 11.6 Å². The monoisotopic (exact) mass is 289 g/mol. The second kappa shape index (κ2) is 7.05. The predicted molar refractivity (Wildman–Crippen MR) is 87.8 cm³/mol. The number of aryl methyl sites for hydroxylation is 1. The molecule has 1 aromatic rings. The number of nitrogens with zero attached hydrogens (tertiary/aromatic N) is 2. The van der Waals surface area contributed by atoms with Crippen molar-refractivity contribution in [2.24, 2.45) is 0 Å². The third-order valence-corrected chi connectivity index (χ3v) is 4.15. The second-order valence-electron chi connectivity index (χ2n) is 6.32. The Hall–Kier alpha value is -1.39. The molecule has 0 spiro atoms. The standard InChI is InChI=1S/C17H27N3O/c1-13(2)15-7-5-6-14(3)17(15)18-16(21)12-20-10-8-19(4)9-11-20/h5-7,13H,8-12H2,1-4H3,(H,18,21). The lowest BCUT2D eigenvalue weighted by Crippen LogP contribution is -2.47. The number of benzene rings is 1. The Morgan fingerprint density at radius 1 is 1.24 bits per heavy atom. The Balaban J connectivity index is 2.00. The van der Waals surface area contributed by atoms with E-state index in [0.29, 0.717) is 12.5 Å². The number of hydrogen-bond acceptors (Lipinski definition) is 3. The maximum atomic E-state index is 12.3. The number of amides is 1. The number of hydrogen-bond donors (Lipinski definition) is 1. The molecule has 0 radical (unpaired) electrons. The number of para-hydroxylation sites is 1. The summed E-state index contributed by atoms with van der Waals surface area (Å²) in [6.45, 7) is 10.9. The van der Waals surface area contributed by atoms with Crippen LogP contribution < -0.4 is 5.32 Å². The molecule has 116 valence electrons. The Labute approximate surface area is 128 Å². The molecule has 1 heterocycles. The van der Waals surface area contributed by atoms with Gasteiger partial charge in [-0.05, 0) is 31.0 Å². The highest BCUT2D eigenvalue weighted by atomic mass is 16.2. The van der Waals surface area contributed by atoms with E-state index in [-0.39, 0.29) is 5.91 Å². The molecule has 1 saturated heterocycles. The number of nitrogens with one attached hydrogen (secondary N) is 1. The summed E-state index contributed by atoms with van der Waals surface area (Å²) >= 11 is 0. The second-order valence-corrected chi connectivity index (χ2v) is 6.32. The zero-order chi connectivity index (χ0) is 15.4. The first-order valence-electron chi connectivity index (χ1n) is 7.77. The van der Waals surface area contributed by atoms with E-state index in [9.17, 15) is 4.79 Å². The van der Waals surface area contributed by atoms with Gasteiger partial charge < -0.3 is 10.2 Å². The molecule has 1 aliphatic rings. The van der Waals surface area contributed by atoms with Gasteiger partial charge in [-0.3, -0.25) is 9.69 Å². The minimum absolute atomic E-state index is 0.0933. The number of anilines is 1. The van der Waals surface area contributed by atoms with Gasteiger partial charge in [0.15, 0.2) is 0 Å². The van der Waals surface area contributed by atoms with E-state index < -0.39 is 0 Å². The fourth-order valence-electron chi connectivity index (χ4n) is 2.73. The maximum absolute atomic E-state index is 12.3. The van der Waals surface area contributed by atoms with Gasteiger partial charge in [0.2, 0.25) is 5.91 Å². The number of piperazine rings is 1. The van der Waals surface area contributed by atoms with Gasteiger partial charge in [-0.2, -0.15) is 0 Å². The van der Waals surface area contributed by atoms with Crippen molar-refractivity contribution in [1.82, 2.24) is 9.80 Å². The molecule has 4 nitrogen and oxygen atoms in total. The van der Waals surface area contributed by atoms with Crippen molar-refractivity contribution in [1.29, 1.82) is 0 Å². The average molecular weight is 289 g/mol. The first-order valence-corrected chi connectivity index (χ1v) is 7.77. The third-order valence-electron chi connectivity index (χ3n) is 4.15. The fraction of sp³-hybridized carbons (Fsp3) is 0.588. The summed E-state index contributed by atoms with van der Waals surface area (Å²) in [6, 6.07) is 6.21. The number of carbonyl (C=O) groups excluding carboxylic acids is 1. The van der Waals surface area contributed by atoms with Crippen molar-refractivity contribution < 1.29 is 4.79 Å². The minimum atomic E-state index is 0.0933. The molecule has 2 rings (SSSR count). The highest BCUT2D eigenvalue weighted by Gasteiger charge is 2.18. The van der Waals surface area contributed by atoms with E-state index in [2.05, 4.69) is 61.1 Å². The van der Waals surface area contributed by atoms with Gasteiger partial charge in [0, 0.05) is 31.9 Å². The first kappa shape index (κ1) is 16.0. The smallest absolute Gasteiger partial charge is 0.238 e. The van der Waals surface area contributed by atoms with Crippen LogP contribution in [0.25, 0.3) is 0 Å². The molecule has 1 aliphatic heterocycles. The summed E-state index contributed by atoms with van der Waals surface area (Å²) in [5.41, 5.74) is 3.33. The molecule has 1 aromatic carbocycles. The molecule has 0 saturated carbocycles. The first-order chi connectivity index (χ1) is 9.97. The molecule has 1 amide bonds. The number of rotatable bonds is 4. The quantitative estimate of drug-likeness (QED) is 0.924. The van der Waals surface area contributed by atoms with E-state index in [1.807, 2.05) is 0 Å². The van der Waals surface area contributed by atoms with Crippen LogP contribution in [0.4, 0.5) is 5.69 Å². The van der Waals surface area contributed by atoms with Crippen LogP contribution in [0.2, 0.25) is 0 Å². The third kappa shape index (κ3) is 4.29. The van der Waals surface area contributed by atoms with E-state index in [1.54, 1.807) is 0 Å². The zero-order valence-corrected chi connectivity index (χ0v) is 13.6. The summed E-state index contributed by atoms with van der Waals surface area (Å²) in [5, 5.41) is 3.12. The number of likely N-dealkylation sites (N-methyl/N-ethyl adjacent to an activating group) is 1. The molecule has 0 bridgehead atoms. The van der Waals surface area contributed by atoms with Gasteiger partial charge in [0.1, 0.15) is 0 Å². The zero-order valence-electron chi connectivity index (χ0n) is 13.6. The lowest BCUT2D eigenvalue weighted by atomic mass is 9.98. The molecular weight excluding hydrogens is 262 g/mol. The van der Waals surface area contributed by atoms with Gasteiger partial charge in [-0.15, -0.1) is 0 Å². The van der Waals surface area contributed by atoms with E-state index in [4.69, 9.17) is 0 Å².